The SMILES string of the molecule is NC(CNC(=O)CC1CC1)c1ccccc1. The van der Waals surface area contributed by atoms with Gasteiger partial charge in [-0.3, -0.25) is 4.79 Å². The minimum absolute atomic E-state index is 0.107. The first-order valence-electron chi connectivity index (χ1n) is 5.83. The van der Waals surface area contributed by atoms with Crippen molar-refractivity contribution in [3.63, 3.8) is 0 Å². The van der Waals surface area contributed by atoms with Gasteiger partial charge in [-0.25, -0.2) is 0 Å². The van der Waals surface area contributed by atoms with Crippen molar-refractivity contribution in [1.82, 2.24) is 5.32 Å². The molecule has 1 unspecified atom stereocenters. The third-order valence-corrected chi connectivity index (χ3v) is 2.92. The first-order chi connectivity index (χ1) is 7.75. The average Bonchev–Trinajstić information content (AvgIpc) is 3.11. The predicted octanol–water partition coefficient (Wildman–Crippen LogP) is 1.60. The Balaban J connectivity index is 1.74. The lowest BCUT2D eigenvalue weighted by Gasteiger charge is -2.12. The van der Waals surface area contributed by atoms with E-state index in [1.807, 2.05) is 30.3 Å². The van der Waals surface area contributed by atoms with E-state index in [4.69, 9.17) is 5.73 Å². The Morgan fingerprint density at radius 3 is 2.69 bits per heavy atom. The molecule has 3 N–H and O–H groups in total. The molecule has 0 bridgehead atoms. The number of benzene rings is 1. The smallest absolute Gasteiger partial charge is 0.220 e. The van der Waals surface area contributed by atoms with Gasteiger partial charge in [-0.05, 0) is 24.3 Å². The van der Waals surface area contributed by atoms with Crippen LogP contribution in [0.4, 0.5) is 0 Å². The first-order valence-corrected chi connectivity index (χ1v) is 5.83. The maximum atomic E-state index is 11.5. The van der Waals surface area contributed by atoms with Crippen LogP contribution < -0.4 is 11.1 Å². The van der Waals surface area contributed by atoms with E-state index in [0.717, 1.165) is 5.56 Å². The second-order valence-corrected chi connectivity index (χ2v) is 4.47. The Morgan fingerprint density at radius 1 is 1.38 bits per heavy atom. The quantitative estimate of drug-likeness (QED) is 0.788. The maximum Gasteiger partial charge on any atom is 0.220 e. The standard InChI is InChI=1S/C13H18N2O/c14-12(11-4-2-1-3-5-11)9-15-13(16)8-10-6-7-10/h1-5,10,12H,6-9,14H2,(H,15,16). The summed E-state index contributed by atoms with van der Waals surface area (Å²) >= 11 is 0. The van der Waals surface area contributed by atoms with E-state index in [2.05, 4.69) is 5.32 Å². The summed E-state index contributed by atoms with van der Waals surface area (Å²) in [5.74, 6) is 0.766. The van der Waals surface area contributed by atoms with Gasteiger partial charge >= 0.3 is 0 Å². The zero-order valence-electron chi connectivity index (χ0n) is 9.36. The highest BCUT2D eigenvalue weighted by atomic mass is 16.1. The zero-order valence-corrected chi connectivity index (χ0v) is 9.36. The lowest BCUT2D eigenvalue weighted by atomic mass is 10.1. The molecule has 0 radical (unpaired) electrons. The van der Waals surface area contributed by atoms with Crippen molar-refractivity contribution in [3.8, 4) is 0 Å². The van der Waals surface area contributed by atoms with Gasteiger partial charge in [0.1, 0.15) is 0 Å². The fraction of sp³-hybridized carbons (Fsp3) is 0.462. The van der Waals surface area contributed by atoms with Crippen molar-refractivity contribution in [2.24, 2.45) is 11.7 Å². The van der Waals surface area contributed by atoms with E-state index in [1.165, 1.54) is 12.8 Å². The number of rotatable bonds is 5. The van der Waals surface area contributed by atoms with Crippen molar-refractivity contribution in [2.75, 3.05) is 6.54 Å². The van der Waals surface area contributed by atoms with Gasteiger partial charge in [0.25, 0.3) is 0 Å². The highest BCUT2D eigenvalue weighted by Gasteiger charge is 2.24. The predicted molar refractivity (Wildman–Crippen MR) is 63.7 cm³/mol. The maximum absolute atomic E-state index is 11.5. The van der Waals surface area contributed by atoms with E-state index in [9.17, 15) is 4.79 Å². The minimum Gasteiger partial charge on any atom is -0.354 e. The summed E-state index contributed by atoms with van der Waals surface area (Å²) in [4.78, 5) is 11.5. The van der Waals surface area contributed by atoms with Gasteiger partial charge < -0.3 is 11.1 Å². The van der Waals surface area contributed by atoms with Crippen LogP contribution in [0.15, 0.2) is 30.3 Å². The van der Waals surface area contributed by atoms with E-state index < -0.39 is 0 Å². The van der Waals surface area contributed by atoms with Crippen LogP contribution in [0.2, 0.25) is 0 Å². The molecular formula is C13H18N2O. The lowest BCUT2D eigenvalue weighted by molar-refractivity contribution is -0.121. The Morgan fingerprint density at radius 2 is 2.06 bits per heavy atom. The van der Waals surface area contributed by atoms with Crippen molar-refractivity contribution in [3.05, 3.63) is 35.9 Å². The van der Waals surface area contributed by atoms with Crippen LogP contribution in [0, 0.1) is 5.92 Å². The van der Waals surface area contributed by atoms with E-state index in [1.54, 1.807) is 0 Å². The molecule has 1 fully saturated rings. The molecule has 3 heteroatoms. The summed E-state index contributed by atoms with van der Waals surface area (Å²) in [6.07, 6.45) is 3.08. The largest absolute Gasteiger partial charge is 0.354 e. The second-order valence-electron chi connectivity index (χ2n) is 4.47. The molecule has 1 aliphatic carbocycles. The summed E-state index contributed by atoms with van der Waals surface area (Å²) in [6, 6.07) is 9.74. The van der Waals surface area contributed by atoms with Crippen molar-refractivity contribution >= 4 is 5.91 Å². The number of nitrogens with two attached hydrogens (primary N) is 1. The summed E-state index contributed by atoms with van der Waals surface area (Å²) in [7, 11) is 0. The molecule has 1 amide bonds. The van der Waals surface area contributed by atoms with E-state index in [-0.39, 0.29) is 11.9 Å². The van der Waals surface area contributed by atoms with Gasteiger partial charge in [0, 0.05) is 19.0 Å². The van der Waals surface area contributed by atoms with E-state index >= 15 is 0 Å². The number of nitrogens with one attached hydrogen (secondary N) is 1. The number of hydrogen-bond acceptors (Lipinski definition) is 2. The van der Waals surface area contributed by atoms with Gasteiger partial charge in [-0.1, -0.05) is 30.3 Å². The molecule has 16 heavy (non-hydrogen) atoms. The molecule has 0 spiro atoms. The van der Waals surface area contributed by atoms with Crippen molar-refractivity contribution in [2.45, 2.75) is 25.3 Å². The number of carbonyl (C=O) groups is 1. The third kappa shape index (κ3) is 3.35. The molecule has 1 aromatic rings. The topological polar surface area (TPSA) is 55.1 Å². The van der Waals surface area contributed by atoms with Crippen molar-refractivity contribution in [1.29, 1.82) is 0 Å². The Kier molecular flexibility index (Phi) is 3.57. The van der Waals surface area contributed by atoms with Crippen LogP contribution in [0.5, 0.6) is 0 Å². The highest BCUT2D eigenvalue weighted by molar-refractivity contribution is 5.76. The van der Waals surface area contributed by atoms with Crippen LogP contribution in [-0.2, 0) is 4.79 Å². The minimum atomic E-state index is -0.107. The average molecular weight is 218 g/mol. The number of carbonyl (C=O) groups excluding carboxylic acids is 1. The Bertz CT molecular complexity index is 346. The normalized spacial score (nSPS) is 16.8. The molecule has 0 aromatic heterocycles. The molecule has 3 nitrogen and oxygen atoms in total. The van der Waals surface area contributed by atoms with Crippen LogP contribution in [0.25, 0.3) is 0 Å². The molecule has 86 valence electrons. The van der Waals surface area contributed by atoms with Crippen LogP contribution >= 0.6 is 0 Å². The Labute approximate surface area is 96.0 Å². The summed E-state index contributed by atoms with van der Waals surface area (Å²) in [5.41, 5.74) is 7.04. The van der Waals surface area contributed by atoms with Crippen molar-refractivity contribution < 1.29 is 4.79 Å². The monoisotopic (exact) mass is 218 g/mol. The van der Waals surface area contributed by atoms with Gasteiger partial charge in [-0.15, -0.1) is 0 Å². The molecule has 2 rings (SSSR count). The molecule has 1 aromatic carbocycles. The van der Waals surface area contributed by atoms with Crippen LogP contribution in [-0.4, -0.2) is 12.5 Å². The Hall–Kier alpha value is -1.35. The van der Waals surface area contributed by atoms with E-state index in [0.29, 0.717) is 18.9 Å². The van der Waals surface area contributed by atoms with Crippen LogP contribution in [0.3, 0.4) is 0 Å². The zero-order chi connectivity index (χ0) is 11.4. The molecule has 0 aliphatic heterocycles. The lowest BCUT2D eigenvalue weighted by Crippen LogP contribution is -2.31. The van der Waals surface area contributed by atoms with Crippen LogP contribution in [0.1, 0.15) is 30.9 Å². The second kappa shape index (κ2) is 5.12. The molecule has 0 saturated heterocycles. The molecular weight excluding hydrogens is 200 g/mol. The molecule has 1 saturated carbocycles. The van der Waals surface area contributed by atoms with Gasteiger partial charge in [-0.2, -0.15) is 0 Å². The number of amides is 1. The summed E-state index contributed by atoms with van der Waals surface area (Å²) in [5, 5.41) is 2.89. The molecule has 1 atom stereocenters. The summed E-state index contributed by atoms with van der Waals surface area (Å²) in [6.45, 7) is 0.523. The van der Waals surface area contributed by atoms with Gasteiger partial charge in [0.05, 0.1) is 0 Å². The molecule has 1 aliphatic rings. The fourth-order valence-corrected chi connectivity index (χ4v) is 1.70. The molecule has 0 heterocycles. The van der Waals surface area contributed by atoms with Gasteiger partial charge in [0.2, 0.25) is 5.91 Å². The fourth-order valence-electron chi connectivity index (χ4n) is 1.70. The third-order valence-electron chi connectivity index (χ3n) is 2.92. The summed E-state index contributed by atoms with van der Waals surface area (Å²) < 4.78 is 0. The van der Waals surface area contributed by atoms with Gasteiger partial charge in [0.15, 0.2) is 0 Å². The number of hydrogen-bond donors (Lipinski definition) is 2. The first kappa shape index (κ1) is 11.1. The highest BCUT2D eigenvalue weighted by Crippen LogP contribution is 2.32.